The number of ether oxygens (including phenoxy) is 4. The molecule has 4 rings (SSSR count). The van der Waals surface area contributed by atoms with Gasteiger partial charge in [-0.1, -0.05) is 0 Å². The number of hydrogen-bond acceptors (Lipinski definition) is 4. The highest BCUT2D eigenvalue weighted by Crippen LogP contribution is 2.38. The lowest BCUT2D eigenvalue weighted by molar-refractivity contribution is 0.113. The summed E-state index contributed by atoms with van der Waals surface area (Å²) in [6, 6.07) is 12.1. The van der Waals surface area contributed by atoms with Gasteiger partial charge in [0.15, 0.2) is 0 Å². The number of rotatable bonds is 3. The molecule has 2 unspecified atom stereocenters. The normalized spacial score (nSPS) is 21.8. The van der Waals surface area contributed by atoms with Gasteiger partial charge in [0.1, 0.15) is 23.0 Å². The Bertz CT molecular complexity index is 677. The molecule has 126 valence electrons. The van der Waals surface area contributed by atoms with Crippen LogP contribution < -0.4 is 18.9 Å². The molecule has 0 aliphatic carbocycles. The van der Waals surface area contributed by atoms with Gasteiger partial charge in [0.05, 0.1) is 27.4 Å². The molecule has 0 saturated heterocycles. The number of methoxy groups -OCH3 is 2. The highest BCUT2D eigenvalue weighted by atomic mass is 16.5. The van der Waals surface area contributed by atoms with Crippen LogP contribution in [0.3, 0.4) is 0 Å². The second-order valence-electron chi connectivity index (χ2n) is 6.50. The zero-order valence-electron chi connectivity index (χ0n) is 14.1. The minimum atomic E-state index is 0.448. The molecule has 2 heterocycles. The SMILES string of the molecule is COc1ccc2c(c1)CC(C1COc3ccc(OC)cc3C1)CO2. The van der Waals surface area contributed by atoms with Crippen LogP contribution in [0.2, 0.25) is 0 Å². The second-order valence-corrected chi connectivity index (χ2v) is 6.50. The lowest BCUT2D eigenvalue weighted by Crippen LogP contribution is -2.35. The van der Waals surface area contributed by atoms with Crippen molar-refractivity contribution in [2.24, 2.45) is 11.8 Å². The van der Waals surface area contributed by atoms with Gasteiger partial charge in [-0.15, -0.1) is 0 Å². The van der Waals surface area contributed by atoms with E-state index in [9.17, 15) is 0 Å². The Kier molecular flexibility index (Phi) is 3.97. The monoisotopic (exact) mass is 326 g/mol. The first-order valence-corrected chi connectivity index (χ1v) is 8.36. The maximum Gasteiger partial charge on any atom is 0.122 e. The summed E-state index contributed by atoms with van der Waals surface area (Å²) in [7, 11) is 3.39. The first-order valence-electron chi connectivity index (χ1n) is 8.36. The Morgan fingerprint density at radius 2 is 1.21 bits per heavy atom. The van der Waals surface area contributed by atoms with Crippen molar-refractivity contribution in [3.63, 3.8) is 0 Å². The first-order chi connectivity index (χ1) is 11.8. The van der Waals surface area contributed by atoms with Gasteiger partial charge >= 0.3 is 0 Å². The summed E-state index contributed by atoms with van der Waals surface area (Å²) in [6.45, 7) is 1.49. The van der Waals surface area contributed by atoms with Crippen LogP contribution in [-0.4, -0.2) is 27.4 Å². The van der Waals surface area contributed by atoms with Crippen LogP contribution in [0.4, 0.5) is 0 Å². The van der Waals surface area contributed by atoms with Crippen molar-refractivity contribution >= 4 is 0 Å². The standard InChI is InChI=1S/C20H22O4/c1-21-17-3-5-19-13(9-17)7-15(11-23-19)16-8-14-10-18(22-2)4-6-20(14)24-12-16/h3-6,9-10,15-16H,7-8,11-12H2,1-2H3. The predicted octanol–water partition coefficient (Wildman–Crippen LogP) is 3.51. The Hall–Kier alpha value is -2.36. The van der Waals surface area contributed by atoms with E-state index < -0.39 is 0 Å². The van der Waals surface area contributed by atoms with Crippen LogP contribution in [0.15, 0.2) is 36.4 Å². The summed E-state index contributed by atoms with van der Waals surface area (Å²) in [5.41, 5.74) is 2.45. The van der Waals surface area contributed by atoms with Gasteiger partial charge in [0.25, 0.3) is 0 Å². The molecule has 0 spiro atoms. The van der Waals surface area contributed by atoms with E-state index in [2.05, 4.69) is 12.1 Å². The third kappa shape index (κ3) is 2.77. The summed E-state index contributed by atoms with van der Waals surface area (Å²) in [4.78, 5) is 0. The maximum atomic E-state index is 5.99. The minimum Gasteiger partial charge on any atom is -0.497 e. The van der Waals surface area contributed by atoms with E-state index in [-0.39, 0.29) is 0 Å². The average Bonchev–Trinajstić information content (AvgIpc) is 2.66. The van der Waals surface area contributed by atoms with Gasteiger partial charge in [0.2, 0.25) is 0 Å². The van der Waals surface area contributed by atoms with E-state index in [1.165, 1.54) is 11.1 Å². The molecule has 0 radical (unpaired) electrons. The van der Waals surface area contributed by atoms with Crippen LogP contribution in [-0.2, 0) is 12.8 Å². The molecular formula is C20H22O4. The summed E-state index contributed by atoms with van der Waals surface area (Å²) < 4.78 is 22.6. The van der Waals surface area contributed by atoms with Crippen LogP contribution in [0.1, 0.15) is 11.1 Å². The summed E-state index contributed by atoms with van der Waals surface area (Å²) in [6.07, 6.45) is 2.00. The molecule has 2 aromatic rings. The number of hydrogen-bond donors (Lipinski definition) is 0. The zero-order chi connectivity index (χ0) is 16.5. The van der Waals surface area contributed by atoms with Crippen molar-refractivity contribution in [1.29, 1.82) is 0 Å². The average molecular weight is 326 g/mol. The molecule has 0 bridgehead atoms. The van der Waals surface area contributed by atoms with Crippen molar-refractivity contribution in [1.82, 2.24) is 0 Å². The van der Waals surface area contributed by atoms with Gasteiger partial charge < -0.3 is 18.9 Å². The van der Waals surface area contributed by atoms with E-state index in [1.807, 2.05) is 24.3 Å². The van der Waals surface area contributed by atoms with Crippen LogP contribution >= 0.6 is 0 Å². The molecule has 0 N–H and O–H groups in total. The first kappa shape index (κ1) is 15.2. The van der Waals surface area contributed by atoms with Crippen molar-refractivity contribution < 1.29 is 18.9 Å². The number of fused-ring (bicyclic) bond motifs is 2. The highest BCUT2D eigenvalue weighted by molar-refractivity contribution is 5.43. The van der Waals surface area contributed by atoms with Gasteiger partial charge in [-0.25, -0.2) is 0 Å². The van der Waals surface area contributed by atoms with Gasteiger partial charge in [0, 0.05) is 11.8 Å². The molecule has 2 aliphatic heterocycles. The van der Waals surface area contributed by atoms with Crippen molar-refractivity contribution in [3.05, 3.63) is 47.5 Å². The largest absolute Gasteiger partial charge is 0.497 e. The molecule has 4 nitrogen and oxygen atoms in total. The lowest BCUT2D eigenvalue weighted by atomic mass is 9.81. The van der Waals surface area contributed by atoms with Crippen LogP contribution in [0.5, 0.6) is 23.0 Å². The smallest absolute Gasteiger partial charge is 0.122 e. The fourth-order valence-electron chi connectivity index (χ4n) is 3.65. The van der Waals surface area contributed by atoms with Crippen LogP contribution in [0, 0.1) is 11.8 Å². The summed E-state index contributed by atoms with van der Waals surface area (Å²) in [5.74, 6) is 4.62. The molecule has 0 fully saturated rings. The zero-order valence-corrected chi connectivity index (χ0v) is 14.1. The quantitative estimate of drug-likeness (QED) is 0.865. The van der Waals surface area contributed by atoms with Gasteiger partial charge in [-0.05, 0) is 60.4 Å². The van der Waals surface area contributed by atoms with Crippen molar-refractivity contribution in [3.8, 4) is 23.0 Å². The maximum absolute atomic E-state index is 5.99. The van der Waals surface area contributed by atoms with Gasteiger partial charge in [-0.3, -0.25) is 0 Å². The molecule has 2 aliphatic rings. The van der Waals surface area contributed by atoms with Gasteiger partial charge in [-0.2, -0.15) is 0 Å². The number of benzene rings is 2. The third-order valence-electron chi connectivity index (χ3n) is 5.07. The third-order valence-corrected chi connectivity index (χ3v) is 5.07. The Balaban J connectivity index is 1.52. The molecule has 24 heavy (non-hydrogen) atoms. The van der Waals surface area contributed by atoms with Crippen molar-refractivity contribution in [2.45, 2.75) is 12.8 Å². The molecule has 0 saturated carbocycles. The summed E-state index contributed by atoms with van der Waals surface area (Å²) in [5, 5.41) is 0. The molecule has 2 aromatic carbocycles. The Labute approximate surface area is 142 Å². The predicted molar refractivity (Wildman–Crippen MR) is 91.4 cm³/mol. The molecule has 4 heteroatoms. The van der Waals surface area contributed by atoms with E-state index in [4.69, 9.17) is 18.9 Å². The van der Waals surface area contributed by atoms with E-state index in [0.29, 0.717) is 11.8 Å². The Morgan fingerprint density at radius 1 is 0.750 bits per heavy atom. The van der Waals surface area contributed by atoms with E-state index >= 15 is 0 Å². The fourth-order valence-corrected chi connectivity index (χ4v) is 3.65. The van der Waals surface area contributed by atoms with Crippen molar-refractivity contribution in [2.75, 3.05) is 27.4 Å². The molecule has 2 atom stereocenters. The highest BCUT2D eigenvalue weighted by Gasteiger charge is 2.31. The van der Waals surface area contributed by atoms with E-state index in [0.717, 1.165) is 49.1 Å². The minimum absolute atomic E-state index is 0.448. The topological polar surface area (TPSA) is 36.9 Å². The lowest BCUT2D eigenvalue weighted by Gasteiger charge is -2.34. The second kappa shape index (κ2) is 6.27. The summed E-state index contributed by atoms with van der Waals surface area (Å²) >= 11 is 0. The van der Waals surface area contributed by atoms with Crippen LogP contribution in [0.25, 0.3) is 0 Å². The fraction of sp³-hybridized carbons (Fsp3) is 0.400. The molecular weight excluding hydrogens is 304 g/mol. The Morgan fingerprint density at radius 3 is 1.62 bits per heavy atom. The molecule has 0 amide bonds. The van der Waals surface area contributed by atoms with E-state index in [1.54, 1.807) is 14.2 Å². The molecule has 0 aromatic heterocycles.